The van der Waals surface area contributed by atoms with Gasteiger partial charge in [-0.05, 0) is 49.2 Å². The Morgan fingerprint density at radius 1 is 1.22 bits per heavy atom. The van der Waals surface area contributed by atoms with Crippen LogP contribution >= 0.6 is 11.3 Å². The van der Waals surface area contributed by atoms with E-state index in [-0.39, 0.29) is 11.7 Å². The normalized spacial score (nSPS) is 13.4. The summed E-state index contributed by atoms with van der Waals surface area (Å²) in [7, 11) is 1.62. The first-order valence-electron chi connectivity index (χ1n) is 8.87. The zero-order chi connectivity index (χ0) is 19.0. The third-order valence-corrected chi connectivity index (χ3v) is 5.50. The summed E-state index contributed by atoms with van der Waals surface area (Å²) in [5, 5.41) is 0. The van der Waals surface area contributed by atoms with E-state index in [4.69, 9.17) is 9.47 Å². The number of para-hydroxylation sites is 2. The van der Waals surface area contributed by atoms with Crippen molar-refractivity contribution in [2.24, 2.45) is 0 Å². The van der Waals surface area contributed by atoms with Crippen LogP contribution in [-0.2, 0) is 0 Å². The van der Waals surface area contributed by atoms with Crippen LogP contribution in [0.3, 0.4) is 0 Å². The first kappa shape index (κ1) is 17.5. The number of methoxy groups -OCH3 is 1. The van der Waals surface area contributed by atoms with Crippen LogP contribution in [0.25, 0.3) is 22.1 Å². The minimum atomic E-state index is -0.0531. The molecule has 0 saturated heterocycles. The van der Waals surface area contributed by atoms with Gasteiger partial charge < -0.3 is 9.47 Å². The van der Waals surface area contributed by atoms with E-state index < -0.39 is 0 Å². The van der Waals surface area contributed by atoms with Crippen LogP contribution in [0.4, 0.5) is 0 Å². The molecule has 1 atom stereocenters. The molecule has 0 saturated carbocycles. The number of fused-ring (bicyclic) bond motifs is 3. The molecule has 4 aromatic rings. The molecule has 0 spiro atoms. The first-order chi connectivity index (χ1) is 13.1. The largest absolute Gasteiger partial charge is 0.493 e. The summed E-state index contributed by atoms with van der Waals surface area (Å²) in [6.07, 6.45) is 2.89. The quantitative estimate of drug-likeness (QED) is 0.530. The molecule has 5 nitrogen and oxygen atoms in total. The summed E-state index contributed by atoms with van der Waals surface area (Å²) in [5.74, 6) is 1.36. The van der Waals surface area contributed by atoms with E-state index in [0.29, 0.717) is 21.0 Å². The lowest BCUT2D eigenvalue weighted by Gasteiger charge is -2.15. The maximum absolute atomic E-state index is 12.9. The Labute approximate surface area is 160 Å². The van der Waals surface area contributed by atoms with Crippen molar-refractivity contribution in [3.05, 3.63) is 62.9 Å². The second-order valence-corrected chi connectivity index (χ2v) is 7.39. The second-order valence-electron chi connectivity index (χ2n) is 6.38. The summed E-state index contributed by atoms with van der Waals surface area (Å²) in [4.78, 5) is 18.1. The van der Waals surface area contributed by atoms with Gasteiger partial charge >= 0.3 is 0 Å². The minimum Gasteiger partial charge on any atom is -0.493 e. The molecule has 0 aliphatic rings. The molecule has 1 unspecified atom stereocenters. The molecule has 6 heteroatoms. The first-order valence-corrected chi connectivity index (χ1v) is 9.68. The fourth-order valence-corrected chi connectivity index (χ4v) is 3.92. The van der Waals surface area contributed by atoms with Crippen molar-refractivity contribution in [2.75, 3.05) is 7.11 Å². The lowest BCUT2D eigenvalue weighted by atomic mass is 10.2. The van der Waals surface area contributed by atoms with Gasteiger partial charge in [0.05, 0.1) is 28.8 Å². The van der Waals surface area contributed by atoms with Gasteiger partial charge in [0.15, 0.2) is 16.5 Å². The van der Waals surface area contributed by atoms with Crippen LogP contribution in [0.1, 0.15) is 25.8 Å². The summed E-state index contributed by atoms with van der Waals surface area (Å²) in [6.45, 7) is 4.10. The van der Waals surface area contributed by atoms with Crippen molar-refractivity contribution in [3.8, 4) is 11.5 Å². The average molecular weight is 380 g/mol. The van der Waals surface area contributed by atoms with Gasteiger partial charge in [0, 0.05) is 0 Å². The zero-order valence-electron chi connectivity index (χ0n) is 15.4. The molecule has 0 radical (unpaired) electrons. The predicted molar refractivity (Wildman–Crippen MR) is 109 cm³/mol. The number of aromatic nitrogens is 2. The number of thiazole rings is 1. The molecule has 0 amide bonds. The number of hydrogen-bond acceptors (Lipinski definition) is 5. The van der Waals surface area contributed by atoms with E-state index in [1.165, 1.54) is 11.3 Å². The highest BCUT2D eigenvalue weighted by Gasteiger charge is 2.12. The Balaban J connectivity index is 1.79. The Morgan fingerprint density at radius 3 is 2.81 bits per heavy atom. The van der Waals surface area contributed by atoms with Crippen LogP contribution in [0.5, 0.6) is 11.5 Å². The van der Waals surface area contributed by atoms with Gasteiger partial charge in [-0.3, -0.25) is 4.79 Å². The summed E-state index contributed by atoms with van der Waals surface area (Å²) < 4.78 is 13.7. The molecular formula is C21H20N2O3S. The van der Waals surface area contributed by atoms with Crippen LogP contribution in [0, 0.1) is 0 Å². The van der Waals surface area contributed by atoms with E-state index in [2.05, 4.69) is 11.9 Å². The van der Waals surface area contributed by atoms with Crippen LogP contribution < -0.4 is 19.6 Å². The number of imidazole rings is 1. The van der Waals surface area contributed by atoms with Crippen molar-refractivity contribution in [1.82, 2.24) is 9.38 Å². The fraction of sp³-hybridized carbons (Fsp3) is 0.238. The molecule has 27 heavy (non-hydrogen) atoms. The summed E-state index contributed by atoms with van der Waals surface area (Å²) in [5.41, 5.74) is 2.50. The molecule has 2 heterocycles. The Morgan fingerprint density at radius 2 is 2.04 bits per heavy atom. The van der Waals surface area contributed by atoms with Crippen molar-refractivity contribution >= 4 is 33.4 Å². The third kappa shape index (κ3) is 3.17. The topological polar surface area (TPSA) is 52.8 Å². The highest BCUT2D eigenvalue weighted by atomic mass is 32.1. The number of benzene rings is 2. The highest BCUT2D eigenvalue weighted by molar-refractivity contribution is 7.15. The summed E-state index contributed by atoms with van der Waals surface area (Å²) in [6, 6.07) is 13.4. The molecule has 138 valence electrons. The average Bonchev–Trinajstić information content (AvgIpc) is 3.19. The number of hydrogen-bond donors (Lipinski definition) is 0. The van der Waals surface area contributed by atoms with Gasteiger partial charge in [0.25, 0.3) is 5.56 Å². The molecular weight excluding hydrogens is 360 g/mol. The molecule has 2 aromatic heterocycles. The monoisotopic (exact) mass is 380 g/mol. The van der Waals surface area contributed by atoms with Gasteiger partial charge in [-0.2, -0.15) is 0 Å². The number of ether oxygens (including phenoxy) is 2. The van der Waals surface area contributed by atoms with Crippen molar-refractivity contribution in [1.29, 1.82) is 0 Å². The molecule has 0 aliphatic carbocycles. The maximum atomic E-state index is 12.9. The van der Waals surface area contributed by atoms with Gasteiger partial charge in [-0.25, -0.2) is 9.38 Å². The molecule has 0 bridgehead atoms. The highest BCUT2D eigenvalue weighted by Crippen LogP contribution is 2.29. The Hall–Kier alpha value is -2.86. The van der Waals surface area contributed by atoms with Gasteiger partial charge in [-0.1, -0.05) is 36.5 Å². The maximum Gasteiger partial charge on any atom is 0.274 e. The fourth-order valence-electron chi connectivity index (χ4n) is 2.93. The number of rotatable bonds is 5. The lowest BCUT2D eigenvalue weighted by Crippen LogP contribution is -2.22. The van der Waals surface area contributed by atoms with E-state index in [1.54, 1.807) is 11.5 Å². The molecule has 0 N–H and O–H groups in total. The molecule has 0 fully saturated rings. The van der Waals surface area contributed by atoms with Crippen molar-refractivity contribution in [2.45, 2.75) is 26.4 Å². The van der Waals surface area contributed by atoms with E-state index in [0.717, 1.165) is 23.0 Å². The van der Waals surface area contributed by atoms with Crippen molar-refractivity contribution in [3.63, 3.8) is 0 Å². The van der Waals surface area contributed by atoms with E-state index in [1.807, 2.05) is 55.5 Å². The van der Waals surface area contributed by atoms with Crippen LogP contribution in [-0.4, -0.2) is 22.6 Å². The molecule has 0 aliphatic heterocycles. The molecule has 4 rings (SSSR count). The number of nitrogens with zero attached hydrogens (tertiary/aromatic N) is 2. The molecule has 2 aromatic carbocycles. The van der Waals surface area contributed by atoms with Gasteiger partial charge in [0.2, 0.25) is 0 Å². The van der Waals surface area contributed by atoms with Crippen LogP contribution in [0.2, 0.25) is 0 Å². The standard InChI is InChI=1S/C21H20N2O3S/c1-4-13(2)26-17-10-9-14(11-18(17)25-3)12-19-20(24)23-16-8-6-5-7-15(16)22-21(23)27-19/h5-13H,4H2,1-3H3/b19-12-. The zero-order valence-corrected chi connectivity index (χ0v) is 16.2. The van der Waals surface area contributed by atoms with Gasteiger partial charge in [-0.15, -0.1) is 0 Å². The Kier molecular flexibility index (Phi) is 4.58. The summed E-state index contributed by atoms with van der Waals surface area (Å²) >= 11 is 1.39. The van der Waals surface area contributed by atoms with E-state index >= 15 is 0 Å². The predicted octanol–water partition coefficient (Wildman–Crippen LogP) is 3.64. The second kappa shape index (κ2) is 7.04. The SMILES string of the molecule is CCC(C)Oc1ccc(/C=c2\sc3nc4ccccc4n3c2=O)cc1OC. The third-order valence-electron chi connectivity index (χ3n) is 4.53. The van der Waals surface area contributed by atoms with Crippen LogP contribution in [0.15, 0.2) is 47.3 Å². The minimum absolute atomic E-state index is 0.0531. The smallest absolute Gasteiger partial charge is 0.274 e. The van der Waals surface area contributed by atoms with E-state index in [9.17, 15) is 4.79 Å². The van der Waals surface area contributed by atoms with Crippen molar-refractivity contribution < 1.29 is 9.47 Å². The van der Waals surface area contributed by atoms with Gasteiger partial charge in [0.1, 0.15) is 0 Å². The lowest BCUT2D eigenvalue weighted by molar-refractivity contribution is 0.207. The Bertz CT molecular complexity index is 1230.